The fourth-order valence-electron chi connectivity index (χ4n) is 1.37. The summed E-state index contributed by atoms with van der Waals surface area (Å²) < 4.78 is 0. The first-order valence-electron chi connectivity index (χ1n) is 5.01. The monoisotopic (exact) mass is 193 g/mol. The van der Waals surface area contributed by atoms with Crippen molar-refractivity contribution in [2.75, 3.05) is 7.05 Å². The lowest BCUT2D eigenvalue weighted by atomic mass is 9.97. The molecule has 1 rings (SSSR count). The Morgan fingerprint density at radius 1 is 1.57 bits per heavy atom. The number of hydrogen-bond acceptors (Lipinski definition) is 1. The van der Waals surface area contributed by atoms with Crippen LogP contribution in [-0.2, 0) is 0 Å². The van der Waals surface area contributed by atoms with Gasteiger partial charge in [0.2, 0.25) is 0 Å². The molecule has 14 heavy (non-hydrogen) atoms. The van der Waals surface area contributed by atoms with Gasteiger partial charge in [0.15, 0.2) is 0 Å². The van der Waals surface area contributed by atoms with Crippen LogP contribution in [0.5, 0.6) is 0 Å². The van der Waals surface area contributed by atoms with Crippen LogP contribution in [0.4, 0.5) is 0 Å². The average Bonchev–Trinajstić information content (AvgIpc) is 2.27. The molecule has 1 aromatic carbocycles. The maximum absolute atomic E-state index is 11.4. The minimum atomic E-state index is -0.0184. The fourth-order valence-corrected chi connectivity index (χ4v) is 1.37. The highest BCUT2D eigenvalue weighted by Gasteiger charge is 2.06. The second-order valence-electron chi connectivity index (χ2n) is 3.51. The Labute approximate surface area is 86.8 Å². The minimum Gasteiger partial charge on any atom is -0.355 e. The highest BCUT2D eigenvalue weighted by Crippen LogP contribution is 2.19. The van der Waals surface area contributed by atoms with E-state index in [2.05, 4.69) is 25.2 Å². The third-order valence-electron chi connectivity index (χ3n) is 2.56. The number of nitrogens with one attached hydrogen (secondary N) is 1. The summed E-state index contributed by atoms with van der Waals surface area (Å²) in [6, 6.07) is 7.81. The van der Waals surface area contributed by atoms with Crippen LogP contribution in [0.25, 0.3) is 0 Å². The van der Waals surface area contributed by atoms with Crippen molar-refractivity contribution < 1.29 is 6.22 Å². The predicted octanol–water partition coefficient (Wildman–Crippen LogP) is 2.81. The van der Waals surface area contributed by atoms with E-state index in [1.165, 1.54) is 5.56 Å². The van der Waals surface area contributed by atoms with Crippen LogP contribution in [0.3, 0.4) is 0 Å². The number of hydrogen-bond donors (Lipinski definition) is 1. The molecule has 0 aliphatic heterocycles. The summed E-state index contributed by atoms with van der Waals surface area (Å²) in [6.07, 6.45) is 1.09. The van der Waals surface area contributed by atoms with Gasteiger partial charge in [-0.1, -0.05) is 26.0 Å². The van der Waals surface area contributed by atoms with Gasteiger partial charge < -0.3 is 5.32 Å². The van der Waals surface area contributed by atoms with Crippen LogP contribution in [0.15, 0.2) is 24.3 Å². The smallest absolute Gasteiger partial charge is 0.251 e. The Balaban J connectivity index is 0.00000196. The zero-order chi connectivity index (χ0) is 10.6. The van der Waals surface area contributed by atoms with Crippen LogP contribution < -0.4 is 5.32 Å². The first-order valence-corrected chi connectivity index (χ1v) is 5.01. The van der Waals surface area contributed by atoms with Crippen LogP contribution in [0, 0.1) is 0 Å². The van der Waals surface area contributed by atoms with Gasteiger partial charge in [0.05, 0.1) is 0 Å². The molecule has 0 aromatic heterocycles. The Hall–Kier alpha value is -1.31. The molecule has 1 aromatic rings. The van der Waals surface area contributed by atoms with E-state index in [1.807, 2.05) is 18.2 Å². The van der Waals surface area contributed by atoms with Gasteiger partial charge in [0, 0.05) is 14.0 Å². The number of benzene rings is 1. The number of carbonyl (C=O) groups is 1. The van der Waals surface area contributed by atoms with Crippen molar-refractivity contribution in [2.45, 2.75) is 26.2 Å². The van der Waals surface area contributed by atoms with Crippen molar-refractivity contribution in [3.8, 4) is 0 Å². The van der Waals surface area contributed by atoms with Crippen LogP contribution in [0.2, 0.25) is 0 Å². The van der Waals surface area contributed by atoms with Crippen LogP contribution in [-0.4, -0.2) is 13.0 Å². The topological polar surface area (TPSA) is 29.1 Å². The van der Waals surface area contributed by atoms with E-state index in [4.69, 9.17) is 0 Å². The molecule has 2 nitrogen and oxygen atoms in total. The van der Waals surface area contributed by atoms with Crippen LogP contribution in [0.1, 0.15) is 43.5 Å². The van der Waals surface area contributed by atoms with Gasteiger partial charge in [-0.25, -0.2) is 0 Å². The van der Waals surface area contributed by atoms with Crippen molar-refractivity contribution in [2.24, 2.45) is 0 Å². The third kappa shape index (κ3) is 2.34. The predicted molar refractivity (Wildman–Crippen MR) is 60.7 cm³/mol. The summed E-state index contributed by atoms with van der Waals surface area (Å²) >= 11 is 0. The van der Waals surface area contributed by atoms with E-state index in [1.54, 1.807) is 7.05 Å². The summed E-state index contributed by atoms with van der Waals surface area (Å²) in [6.45, 7) is 4.32. The van der Waals surface area contributed by atoms with Crippen LogP contribution >= 0.6 is 0 Å². The first-order chi connectivity index (χ1) is 6.69. The Morgan fingerprint density at radius 3 is 2.86 bits per heavy atom. The number of rotatable bonds is 3. The average molecular weight is 193 g/mol. The number of carbonyl (C=O) groups excluding carboxylic acids is 1. The SMILES string of the molecule is CCC(C)c1cccc(C(=O)NC)c1.[HH]. The maximum Gasteiger partial charge on any atom is 0.251 e. The Bertz CT molecular complexity index is 325. The van der Waals surface area contributed by atoms with Gasteiger partial charge in [-0.3, -0.25) is 4.79 Å². The molecule has 0 radical (unpaired) electrons. The fraction of sp³-hybridized carbons (Fsp3) is 0.417. The van der Waals surface area contributed by atoms with E-state index >= 15 is 0 Å². The molecule has 2 heteroatoms. The summed E-state index contributed by atoms with van der Waals surface area (Å²) in [5.74, 6) is 0.495. The van der Waals surface area contributed by atoms with Crippen molar-refractivity contribution in [3.63, 3.8) is 0 Å². The highest BCUT2D eigenvalue weighted by atomic mass is 16.1. The quantitative estimate of drug-likeness (QED) is 0.785. The summed E-state index contributed by atoms with van der Waals surface area (Å²) in [5, 5.41) is 2.63. The lowest BCUT2D eigenvalue weighted by molar-refractivity contribution is 0.0963. The molecule has 0 heterocycles. The Kier molecular flexibility index (Phi) is 3.69. The molecule has 1 atom stereocenters. The molecular weight excluding hydrogens is 174 g/mol. The minimum absolute atomic E-state index is 0. The highest BCUT2D eigenvalue weighted by molar-refractivity contribution is 5.94. The Morgan fingerprint density at radius 2 is 2.29 bits per heavy atom. The van der Waals surface area contributed by atoms with Gasteiger partial charge in [-0.2, -0.15) is 0 Å². The lowest BCUT2D eigenvalue weighted by Crippen LogP contribution is -2.17. The van der Waals surface area contributed by atoms with Gasteiger partial charge in [0.25, 0.3) is 5.91 Å². The molecule has 1 N–H and O–H groups in total. The molecule has 0 aliphatic carbocycles. The lowest BCUT2D eigenvalue weighted by Gasteiger charge is -2.09. The standard InChI is InChI=1S/C12H17NO.H2/c1-4-9(2)10-6-5-7-11(8-10)12(14)13-3;/h5-9H,4H2,1-3H3,(H,13,14);1H. The van der Waals surface area contributed by atoms with Gasteiger partial charge in [-0.05, 0) is 30.0 Å². The zero-order valence-corrected chi connectivity index (χ0v) is 9.00. The van der Waals surface area contributed by atoms with Crippen molar-refractivity contribution in [1.29, 1.82) is 0 Å². The van der Waals surface area contributed by atoms with E-state index < -0.39 is 0 Å². The molecule has 0 aliphatic rings. The van der Waals surface area contributed by atoms with Gasteiger partial charge >= 0.3 is 0 Å². The molecule has 0 saturated carbocycles. The molecule has 0 saturated heterocycles. The van der Waals surface area contributed by atoms with E-state index in [0.717, 1.165) is 12.0 Å². The summed E-state index contributed by atoms with van der Waals surface area (Å²) in [7, 11) is 1.65. The molecule has 0 fully saturated rings. The molecule has 1 unspecified atom stereocenters. The van der Waals surface area contributed by atoms with E-state index in [9.17, 15) is 4.79 Å². The largest absolute Gasteiger partial charge is 0.355 e. The zero-order valence-electron chi connectivity index (χ0n) is 9.00. The molecule has 0 bridgehead atoms. The molecule has 1 amide bonds. The summed E-state index contributed by atoms with van der Waals surface area (Å²) in [5.41, 5.74) is 1.97. The second-order valence-corrected chi connectivity index (χ2v) is 3.51. The molecular formula is C12H19NO. The molecule has 0 spiro atoms. The number of amides is 1. The van der Waals surface area contributed by atoms with Gasteiger partial charge in [0.1, 0.15) is 0 Å². The van der Waals surface area contributed by atoms with Crippen molar-refractivity contribution in [1.82, 2.24) is 5.32 Å². The van der Waals surface area contributed by atoms with Gasteiger partial charge in [-0.15, -0.1) is 0 Å². The summed E-state index contributed by atoms with van der Waals surface area (Å²) in [4.78, 5) is 11.4. The maximum atomic E-state index is 11.4. The van der Waals surface area contributed by atoms with E-state index in [-0.39, 0.29) is 7.33 Å². The third-order valence-corrected chi connectivity index (χ3v) is 2.56. The van der Waals surface area contributed by atoms with E-state index in [0.29, 0.717) is 5.92 Å². The van der Waals surface area contributed by atoms with Crippen molar-refractivity contribution in [3.05, 3.63) is 35.4 Å². The van der Waals surface area contributed by atoms with Crippen molar-refractivity contribution >= 4 is 5.91 Å². The first kappa shape index (κ1) is 10.8. The normalized spacial score (nSPS) is 12.2. The molecule has 78 valence electrons. The second kappa shape index (κ2) is 4.80.